The van der Waals surface area contributed by atoms with Gasteiger partial charge in [0.25, 0.3) is 11.4 Å². The van der Waals surface area contributed by atoms with E-state index in [2.05, 4.69) is 11.2 Å². The molecule has 1 N–H and O–H groups in total. The van der Waals surface area contributed by atoms with Crippen molar-refractivity contribution in [3.8, 4) is 12.3 Å². The molecular weight excluding hydrogens is 262 g/mol. The first-order valence-corrected chi connectivity index (χ1v) is 6.08. The molecule has 1 atom stereocenters. The molecule has 0 saturated carbocycles. The van der Waals surface area contributed by atoms with Crippen molar-refractivity contribution in [3.05, 3.63) is 44.0 Å². The summed E-state index contributed by atoms with van der Waals surface area (Å²) in [7, 11) is 0. The van der Waals surface area contributed by atoms with E-state index in [4.69, 9.17) is 6.42 Å². The molecule has 0 saturated heterocycles. The molecule has 1 aromatic carbocycles. The molecule has 7 heteroatoms. The van der Waals surface area contributed by atoms with Gasteiger partial charge in [0, 0.05) is 30.6 Å². The molecule has 0 radical (unpaired) electrons. The molecule has 0 aromatic heterocycles. The third-order valence-electron chi connectivity index (χ3n) is 2.91. The van der Waals surface area contributed by atoms with Crippen LogP contribution in [0.5, 0.6) is 0 Å². The third kappa shape index (κ3) is 4.03. The maximum absolute atomic E-state index is 11.0. The zero-order valence-electron chi connectivity index (χ0n) is 11.0. The molecule has 0 spiro atoms. The van der Waals surface area contributed by atoms with Gasteiger partial charge in [0.1, 0.15) is 0 Å². The summed E-state index contributed by atoms with van der Waals surface area (Å²) < 4.78 is 0. The highest BCUT2D eigenvalue weighted by molar-refractivity contribution is 5.49. The van der Waals surface area contributed by atoms with Gasteiger partial charge in [-0.3, -0.25) is 20.2 Å². The van der Waals surface area contributed by atoms with E-state index >= 15 is 0 Å². The zero-order valence-corrected chi connectivity index (χ0v) is 11.0. The number of terminal acetylenes is 1. The van der Waals surface area contributed by atoms with Crippen molar-refractivity contribution in [2.45, 2.75) is 32.4 Å². The number of nitro benzene ring substituents is 2. The highest BCUT2D eigenvalue weighted by Gasteiger charge is 2.19. The van der Waals surface area contributed by atoms with Gasteiger partial charge in [0.2, 0.25) is 0 Å². The van der Waals surface area contributed by atoms with Crippen LogP contribution in [0.3, 0.4) is 0 Å². The summed E-state index contributed by atoms with van der Waals surface area (Å²) in [5.74, 6) is 2.53. The predicted molar refractivity (Wildman–Crippen MR) is 74.1 cm³/mol. The van der Waals surface area contributed by atoms with Crippen LogP contribution in [0.2, 0.25) is 0 Å². The molecule has 0 amide bonds. The lowest BCUT2D eigenvalue weighted by atomic mass is 10.1. The van der Waals surface area contributed by atoms with Gasteiger partial charge in [-0.05, 0) is 12.5 Å². The van der Waals surface area contributed by atoms with Gasteiger partial charge in [-0.25, -0.2) is 0 Å². The number of rotatable bonds is 7. The molecule has 0 aliphatic rings. The summed E-state index contributed by atoms with van der Waals surface area (Å²) in [6.45, 7) is 2.20. The Morgan fingerprint density at radius 3 is 2.55 bits per heavy atom. The number of nitro groups is 2. The quantitative estimate of drug-likeness (QED) is 0.468. The van der Waals surface area contributed by atoms with Gasteiger partial charge >= 0.3 is 0 Å². The molecule has 7 nitrogen and oxygen atoms in total. The van der Waals surface area contributed by atoms with E-state index in [0.29, 0.717) is 12.0 Å². The maximum atomic E-state index is 11.0. The van der Waals surface area contributed by atoms with Crippen LogP contribution in [-0.2, 0) is 6.54 Å². The summed E-state index contributed by atoms with van der Waals surface area (Å²) in [4.78, 5) is 20.3. The first kappa shape index (κ1) is 15.6. The Bertz CT molecular complexity index is 551. The summed E-state index contributed by atoms with van der Waals surface area (Å²) in [5.41, 5.74) is -0.158. The lowest BCUT2D eigenvalue weighted by Crippen LogP contribution is -2.27. The highest BCUT2D eigenvalue weighted by atomic mass is 16.6. The third-order valence-corrected chi connectivity index (χ3v) is 2.91. The average molecular weight is 277 g/mol. The van der Waals surface area contributed by atoms with E-state index in [1.165, 1.54) is 12.1 Å². The fraction of sp³-hybridized carbons (Fsp3) is 0.385. The minimum absolute atomic E-state index is 0.0646. The molecule has 1 unspecified atom stereocenters. The highest BCUT2D eigenvalue weighted by Crippen LogP contribution is 2.24. The summed E-state index contributed by atoms with van der Waals surface area (Å²) in [5, 5.41) is 24.7. The van der Waals surface area contributed by atoms with Crippen LogP contribution in [0.25, 0.3) is 0 Å². The van der Waals surface area contributed by atoms with Crippen molar-refractivity contribution >= 4 is 11.4 Å². The summed E-state index contributed by atoms with van der Waals surface area (Å²) in [6, 6.07) is 3.69. The average Bonchev–Trinajstić information content (AvgIpc) is 2.42. The van der Waals surface area contributed by atoms with Crippen molar-refractivity contribution < 1.29 is 9.85 Å². The fourth-order valence-corrected chi connectivity index (χ4v) is 1.74. The number of hydrogen-bond donors (Lipinski definition) is 1. The van der Waals surface area contributed by atoms with Gasteiger partial charge in [0.15, 0.2) is 0 Å². The second kappa shape index (κ2) is 7.21. The Hall–Kier alpha value is -2.46. The molecule has 0 heterocycles. The van der Waals surface area contributed by atoms with Crippen molar-refractivity contribution in [1.82, 2.24) is 5.32 Å². The standard InChI is InChI=1S/C13H15N3O4/c1-3-5-11(4-2)14-9-10-6-7-12(15(17)18)8-13(10)16(19)20/h1,6-8,11,14H,4-5,9H2,2H3. The molecule has 20 heavy (non-hydrogen) atoms. The van der Waals surface area contributed by atoms with Gasteiger partial charge in [0.05, 0.1) is 15.9 Å². The van der Waals surface area contributed by atoms with Crippen molar-refractivity contribution in [2.24, 2.45) is 0 Å². The Balaban J connectivity index is 2.92. The zero-order chi connectivity index (χ0) is 15.1. The minimum atomic E-state index is -0.655. The first-order chi connectivity index (χ1) is 9.49. The summed E-state index contributed by atoms with van der Waals surface area (Å²) >= 11 is 0. The fourth-order valence-electron chi connectivity index (χ4n) is 1.74. The molecule has 1 aromatic rings. The van der Waals surface area contributed by atoms with Crippen LogP contribution in [0.4, 0.5) is 11.4 Å². The van der Waals surface area contributed by atoms with Crippen LogP contribution >= 0.6 is 0 Å². The van der Waals surface area contributed by atoms with Crippen LogP contribution in [-0.4, -0.2) is 15.9 Å². The van der Waals surface area contributed by atoms with Gasteiger partial charge in [-0.1, -0.05) is 6.92 Å². The first-order valence-electron chi connectivity index (χ1n) is 6.08. The Kier molecular flexibility index (Phi) is 5.62. The Labute approximate surface area is 116 Å². The topological polar surface area (TPSA) is 98.3 Å². The van der Waals surface area contributed by atoms with Gasteiger partial charge in [-0.15, -0.1) is 12.3 Å². The maximum Gasteiger partial charge on any atom is 0.280 e. The van der Waals surface area contributed by atoms with E-state index in [1.54, 1.807) is 0 Å². The minimum Gasteiger partial charge on any atom is -0.309 e. The van der Waals surface area contributed by atoms with E-state index in [0.717, 1.165) is 12.5 Å². The SMILES string of the molecule is C#CCC(CC)NCc1ccc([N+](=O)[O-])cc1[N+](=O)[O-]. The van der Waals surface area contributed by atoms with E-state index in [-0.39, 0.29) is 24.0 Å². The normalized spacial score (nSPS) is 11.6. The number of nitrogens with zero attached hydrogens (tertiary/aromatic N) is 2. The summed E-state index contributed by atoms with van der Waals surface area (Å²) in [6.07, 6.45) is 6.55. The largest absolute Gasteiger partial charge is 0.309 e. The van der Waals surface area contributed by atoms with Crippen LogP contribution in [0, 0.1) is 32.6 Å². The van der Waals surface area contributed by atoms with E-state index in [1.807, 2.05) is 6.92 Å². The smallest absolute Gasteiger partial charge is 0.280 e. The van der Waals surface area contributed by atoms with Crippen LogP contribution in [0.15, 0.2) is 18.2 Å². The second-order valence-electron chi connectivity index (χ2n) is 4.22. The number of nitrogens with one attached hydrogen (secondary N) is 1. The number of hydrogen-bond acceptors (Lipinski definition) is 5. The van der Waals surface area contributed by atoms with E-state index in [9.17, 15) is 20.2 Å². The lowest BCUT2D eigenvalue weighted by Gasteiger charge is -2.14. The number of non-ortho nitro benzene ring substituents is 1. The predicted octanol–water partition coefficient (Wildman–Crippen LogP) is 2.39. The Morgan fingerprint density at radius 1 is 1.35 bits per heavy atom. The number of benzene rings is 1. The lowest BCUT2D eigenvalue weighted by molar-refractivity contribution is -0.394. The second-order valence-corrected chi connectivity index (χ2v) is 4.22. The van der Waals surface area contributed by atoms with Crippen molar-refractivity contribution in [1.29, 1.82) is 0 Å². The van der Waals surface area contributed by atoms with E-state index < -0.39 is 9.85 Å². The molecule has 0 aliphatic carbocycles. The van der Waals surface area contributed by atoms with Crippen LogP contribution in [0.1, 0.15) is 25.3 Å². The molecule has 0 aliphatic heterocycles. The molecule has 1 rings (SSSR count). The molecule has 0 fully saturated rings. The van der Waals surface area contributed by atoms with Gasteiger partial charge in [-0.2, -0.15) is 0 Å². The Morgan fingerprint density at radius 2 is 2.05 bits per heavy atom. The van der Waals surface area contributed by atoms with Crippen LogP contribution < -0.4 is 5.32 Å². The van der Waals surface area contributed by atoms with Crippen molar-refractivity contribution in [3.63, 3.8) is 0 Å². The molecule has 0 bridgehead atoms. The molecular formula is C13H15N3O4. The molecule has 106 valence electrons. The van der Waals surface area contributed by atoms with Gasteiger partial charge < -0.3 is 5.32 Å². The monoisotopic (exact) mass is 277 g/mol. The van der Waals surface area contributed by atoms with Crippen molar-refractivity contribution in [2.75, 3.05) is 0 Å².